The molecule has 0 unspecified atom stereocenters. The van der Waals surface area contributed by atoms with Crippen LogP contribution < -0.4 is 5.43 Å². The van der Waals surface area contributed by atoms with Gasteiger partial charge < -0.3 is 0 Å². The maximum Gasteiger partial charge on any atom is 0.272 e. The molecule has 1 aromatic carbocycles. The number of hydrogen-bond acceptors (Lipinski definition) is 3. The first-order valence-corrected chi connectivity index (χ1v) is 5.71. The molecular weight excluding hydrogens is 220 g/mol. The Bertz CT molecular complexity index is 477. The van der Waals surface area contributed by atoms with Gasteiger partial charge in [-0.3, -0.25) is 4.79 Å². The highest BCUT2D eigenvalue weighted by molar-refractivity contribution is 7.08. The highest BCUT2D eigenvalue weighted by atomic mass is 32.1. The zero-order chi connectivity index (χ0) is 11.2. The quantitative estimate of drug-likeness (QED) is 0.639. The van der Waals surface area contributed by atoms with Crippen LogP contribution in [0.3, 0.4) is 0 Å². The molecule has 2 aromatic rings. The van der Waals surface area contributed by atoms with Gasteiger partial charge in [-0.25, -0.2) is 5.43 Å². The summed E-state index contributed by atoms with van der Waals surface area (Å²) in [6.07, 6.45) is 1.62. The number of nitrogens with one attached hydrogen (secondary N) is 1. The van der Waals surface area contributed by atoms with Gasteiger partial charge in [0.05, 0.1) is 11.8 Å². The van der Waals surface area contributed by atoms with Crippen molar-refractivity contribution in [2.75, 3.05) is 0 Å². The van der Waals surface area contributed by atoms with E-state index in [1.807, 2.05) is 35.7 Å². The molecule has 0 bridgehead atoms. The molecule has 0 radical (unpaired) electrons. The lowest BCUT2D eigenvalue weighted by Crippen LogP contribution is -2.16. The minimum Gasteiger partial charge on any atom is -0.267 e. The fraction of sp³-hybridized carbons (Fsp3) is 0. The molecule has 0 saturated carbocycles. The third-order valence-electron chi connectivity index (χ3n) is 1.96. The summed E-state index contributed by atoms with van der Waals surface area (Å²) in [5.41, 5.74) is 4.06. The molecule has 0 saturated heterocycles. The van der Waals surface area contributed by atoms with Gasteiger partial charge in [0.25, 0.3) is 5.91 Å². The van der Waals surface area contributed by atoms with Gasteiger partial charge in [0.15, 0.2) is 0 Å². The van der Waals surface area contributed by atoms with Crippen molar-refractivity contribution in [2.24, 2.45) is 5.10 Å². The second-order valence-electron chi connectivity index (χ2n) is 3.12. The number of hydrogen-bond donors (Lipinski definition) is 1. The summed E-state index contributed by atoms with van der Waals surface area (Å²) in [5.74, 6) is -0.187. The van der Waals surface area contributed by atoms with Crippen molar-refractivity contribution in [1.82, 2.24) is 5.43 Å². The summed E-state index contributed by atoms with van der Waals surface area (Å²) in [6.45, 7) is 0. The van der Waals surface area contributed by atoms with E-state index in [1.165, 1.54) is 11.3 Å². The Morgan fingerprint density at radius 1 is 1.25 bits per heavy atom. The molecule has 0 atom stereocenters. The first-order valence-electron chi connectivity index (χ1n) is 4.77. The van der Waals surface area contributed by atoms with E-state index >= 15 is 0 Å². The van der Waals surface area contributed by atoms with Crippen molar-refractivity contribution in [3.63, 3.8) is 0 Å². The minimum absolute atomic E-state index is 0.187. The van der Waals surface area contributed by atoms with Gasteiger partial charge in [-0.1, -0.05) is 30.3 Å². The van der Waals surface area contributed by atoms with Crippen molar-refractivity contribution < 1.29 is 4.79 Å². The van der Waals surface area contributed by atoms with E-state index in [0.717, 1.165) is 5.56 Å². The minimum atomic E-state index is -0.187. The van der Waals surface area contributed by atoms with Crippen LogP contribution in [-0.2, 0) is 0 Å². The number of carbonyl (C=O) groups excluding carboxylic acids is 1. The largest absolute Gasteiger partial charge is 0.272 e. The van der Waals surface area contributed by atoms with Gasteiger partial charge in [-0.2, -0.15) is 16.4 Å². The first kappa shape index (κ1) is 10.6. The van der Waals surface area contributed by atoms with Crippen LogP contribution in [-0.4, -0.2) is 12.1 Å². The summed E-state index contributed by atoms with van der Waals surface area (Å²) in [6, 6.07) is 11.4. The van der Waals surface area contributed by atoms with Gasteiger partial charge in [0, 0.05) is 5.38 Å². The van der Waals surface area contributed by atoms with Crippen molar-refractivity contribution in [2.45, 2.75) is 0 Å². The summed E-state index contributed by atoms with van der Waals surface area (Å²) < 4.78 is 0. The molecule has 1 amide bonds. The van der Waals surface area contributed by atoms with E-state index in [2.05, 4.69) is 10.5 Å². The Morgan fingerprint density at radius 3 is 2.75 bits per heavy atom. The van der Waals surface area contributed by atoms with Crippen molar-refractivity contribution in [1.29, 1.82) is 0 Å². The maximum absolute atomic E-state index is 11.5. The predicted octanol–water partition coefficient (Wildman–Crippen LogP) is 2.51. The van der Waals surface area contributed by atoms with Crippen LogP contribution in [0.1, 0.15) is 15.9 Å². The number of rotatable bonds is 3. The van der Waals surface area contributed by atoms with Crippen LogP contribution in [0.5, 0.6) is 0 Å². The van der Waals surface area contributed by atoms with Gasteiger partial charge in [-0.05, 0) is 17.0 Å². The predicted molar refractivity (Wildman–Crippen MR) is 65.8 cm³/mol. The van der Waals surface area contributed by atoms with Crippen molar-refractivity contribution in [3.8, 4) is 0 Å². The Hall–Kier alpha value is -1.94. The summed E-state index contributed by atoms with van der Waals surface area (Å²) in [4.78, 5) is 11.5. The molecule has 1 heterocycles. The van der Waals surface area contributed by atoms with Crippen molar-refractivity contribution in [3.05, 3.63) is 58.3 Å². The van der Waals surface area contributed by atoms with Crippen molar-refractivity contribution >= 4 is 23.5 Å². The average molecular weight is 230 g/mol. The van der Waals surface area contributed by atoms with E-state index in [-0.39, 0.29) is 5.91 Å². The Morgan fingerprint density at radius 2 is 2.06 bits per heavy atom. The number of amides is 1. The Labute approximate surface area is 97.4 Å². The van der Waals surface area contributed by atoms with Crippen LogP contribution >= 0.6 is 11.3 Å². The average Bonchev–Trinajstić information content (AvgIpc) is 2.84. The molecule has 16 heavy (non-hydrogen) atoms. The normalized spacial score (nSPS) is 10.5. The number of carbonyl (C=O) groups is 1. The molecule has 0 fully saturated rings. The van der Waals surface area contributed by atoms with Crippen LogP contribution in [0.25, 0.3) is 0 Å². The second kappa shape index (κ2) is 5.23. The highest BCUT2D eigenvalue weighted by Crippen LogP contribution is 2.05. The van der Waals surface area contributed by atoms with Gasteiger partial charge >= 0.3 is 0 Å². The summed E-state index contributed by atoms with van der Waals surface area (Å²) in [7, 11) is 0. The SMILES string of the molecule is O=C(N/N=C/c1ccccc1)c1ccsc1. The Kier molecular flexibility index (Phi) is 3.46. The molecule has 80 valence electrons. The molecule has 0 aliphatic rings. The molecule has 3 nitrogen and oxygen atoms in total. The number of thiophene rings is 1. The first-order chi connectivity index (χ1) is 7.86. The third kappa shape index (κ3) is 2.77. The number of hydrazone groups is 1. The van der Waals surface area contributed by atoms with E-state index < -0.39 is 0 Å². The fourth-order valence-corrected chi connectivity index (χ4v) is 1.80. The molecular formula is C12H10N2OS. The fourth-order valence-electron chi connectivity index (χ4n) is 1.16. The second-order valence-corrected chi connectivity index (χ2v) is 3.90. The molecule has 0 aliphatic carbocycles. The number of nitrogens with zero attached hydrogens (tertiary/aromatic N) is 1. The zero-order valence-corrected chi connectivity index (χ0v) is 9.28. The lowest BCUT2D eigenvalue weighted by molar-refractivity contribution is 0.0955. The van der Waals surface area contributed by atoms with E-state index in [9.17, 15) is 4.79 Å². The lowest BCUT2D eigenvalue weighted by Gasteiger charge is -1.95. The molecule has 0 aliphatic heterocycles. The smallest absolute Gasteiger partial charge is 0.267 e. The molecule has 4 heteroatoms. The van der Waals surface area contributed by atoms with E-state index in [4.69, 9.17) is 0 Å². The van der Waals surface area contributed by atoms with Crippen LogP contribution in [0.15, 0.2) is 52.3 Å². The lowest BCUT2D eigenvalue weighted by atomic mass is 10.2. The van der Waals surface area contributed by atoms with Gasteiger partial charge in [0.2, 0.25) is 0 Å². The topological polar surface area (TPSA) is 41.5 Å². The highest BCUT2D eigenvalue weighted by Gasteiger charge is 2.02. The van der Waals surface area contributed by atoms with Crippen LogP contribution in [0.4, 0.5) is 0 Å². The molecule has 1 N–H and O–H groups in total. The Balaban J connectivity index is 1.93. The molecule has 2 rings (SSSR count). The third-order valence-corrected chi connectivity index (χ3v) is 2.65. The standard InChI is InChI=1S/C12H10N2OS/c15-12(11-6-7-16-9-11)14-13-8-10-4-2-1-3-5-10/h1-9H,(H,14,15)/b13-8+. The summed E-state index contributed by atoms with van der Waals surface area (Å²) in [5, 5.41) is 7.52. The summed E-state index contributed by atoms with van der Waals surface area (Å²) >= 11 is 1.49. The maximum atomic E-state index is 11.5. The van der Waals surface area contributed by atoms with E-state index in [1.54, 1.807) is 17.7 Å². The van der Waals surface area contributed by atoms with Crippen LogP contribution in [0.2, 0.25) is 0 Å². The molecule has 0 spiro atoms. The number of benzene rings is 1. The monoisotopic (exact) mass is 230 g/mol. The van der Waals surface area contributed by atoms with Gasteiger partial charge in [0.1, 0.15) is 0 Å². The van der Waals surface area contributed by atoms with E-state index in [0.29, 0.717) is 5.56 Å². The van der Waals surface area contributed by atoms with Crippen LogP contribution in [0, 0.1) is 0 Å². The van der Waals surface area contributed by atoms with Gasteiger partial charge in [-0.15, -0.1) is 0 Å². The zero-order valence-electron chi connectivity index (χ0n) is 8.46. The molecule has 1 aromatic heterocycles.